The molecule has 1 aromatic rings. The van der Waals surface area contributed by atoms with Crippen LogP contribution in [-0.2, 0) is 9.53 Å². The number of nitrogens with two attached hydrogens (primary N) is 1. The van der Waals surface area contributed by atoms with Gasteiger partial charge in [0.1, 0.15) is 5.75 Å². The third-order valence-corrected chi connectivity index (χ3v) is 3.04. The highest BCUT2D eigenvalue weighted by Gasteiger charge is 2.37. The second-order valence-corrected chi connectivity index (χ2v) is 4.66. The van der Waals surface area contributed by atoms with Crippen LogP contribution in [0.5, 0.6) is 5.75 Å². The molecule has 0 heterocycles. The number of carbonyl (C=O) groups excluding carboxylic acids is 1. The van der Waals surface area contributed by atoms with Crippen LogP contribution in [0.3, 0.4) is 0 Å². The molecule has 0 radical (unpaired) electrons. The predicted molar refractivity (Wildman–Crippen MR) is 77.6 cm³/mol. The molecule has 0 amide bonds. The van der Waals surface area contributed by atoms with E-state index in [0.717, 1.165) is 5.56 Å². The average Bonchev–Trinajstić information content (AvgIpc) is 2.37. The Morgan fingerprint density at radius 2 is 1.95 bits per heavy atom. The number of carbonyl (C=O) groups is 1. The minimum atomic E-state index is -0.804. The average molecular weight is 288 g/mol. The van der Waals surface area contributed by atoms with Crippen molar-refractivity contribution in [3.63, 3.8) is 0 Å². The second-order valence-electron chi connectivity index (χ2n) is 4.66. The fraction of sp³-hybridized carbons (Fsp3) is 0.500. The number of methoxy groups -OCH3 is 1. The van der Waals surface area contributed by atoms with Gasteiger partial charge in [-0.3, -0.25) is 4.79 Å². The molecule has 0 aliphatic carbocycles. The lowest BCUT2D eigenvalue weighted by Gasteiger charge is -2.30. The molecule has 0 saturated heterocycles. The first-order valence-corrected chi connectivity index (χ1v) is 6.00. The Hall–Kier alpha value is -1.26. The van der Waals surface area contributed by atoms with Gasteiger partial charge in [-0.15, -0.1) is 12.4 Å². The van der Waals surface area contributed by atoms with Crippen molar-refractivity contribution < 1.29 is 14.3 Å². The highest BCUT2D eigenvalue weighted by molar-refractivity contribution is 5.85. The summed E-state index contributed by atoms with van der Waals surface area (Å²) in [5, 5.41) is 0. The van der Waals surface area contributed by atoms with E-state index in [1.165, 1.54) is 7.11 Å². The SMILES string of the molecule is CCOc1ccccc1[C@@H](N)C(C)(C)C(=O)OC.Cl. The van der Waals surface area contributed by atoms with Crippen molar-refractivity contribution in [2.45, 2.75) is 26.8 Å². The molecule has 19 heavy (non-hydrogen) atoms. The first-order valence-electron chi connectivity index (χ1n) is 6.00. The summed E-state index contributed by atoms with van der Waals surface area (Å²) in [6.45, 7) is 6.01. The smallest absolute Gasteiger partial charge is 0.313 e. The van der Waals surface area contributed by atoms with Gasteiger partial charge < -0.3 is 15.2 Å². The largest absolute Gasteiger partial charge is 0.494 e. The van der Waals surface area contributed by atoms with E-state index < -0.39 is 11.5 Å². The first kappa shape index (κ1) is 17.7. The summed E-state index contributed by atoms with van der Waals surface area (Å²) in [6.07, 6.45) is 0. The number of hydrogen-bond donors (Lipinski definition) is 1. The number of hydrogen-bond acceptors (Lipinski definition) is 4. The zero-order valence-corrected chi connectivity index (χ0v) is 12.6. The maximum Gasteiger partial charge on any atom is 0.313 e. The van der Waals surface area contributed by atoms with E-state index in [2.05, 4.69) is 0 Å². The maximum atomic E-state index is 11.8. The lowest BCUT2D eigenvalue weighted by atomic mass is 9.80. The third kappa shape index (κ3) is 3.85. The van der Waals surface area contributed by atoms with E-state index in [1.807, 2.05) is 31.2 Å². The van der Waals surface area contributed by atoms with Gasteiger partial charge in [0.25, 0.3) is 0 Å². The van der Waals surface area contributed by atoms with Gasteiger partial charge in [-0.2, -0.15) is 0 Å². The van der Waals surface area contributed by atoms with E-state index in [4.69, 9.17) is 15.2 Å². The van der Waals surface area contributed by atoms with E-state index >= 15 is 0 Å². The summed E-state index contributed by atoms with van der Waals surface area (Å²) in [7, 11) is 1.37. The molecule has 4 nitrogen and oxygen atoms in total. The number of para-hydroxylation sites is 1. The summed E-state index contributed by atoms with van der Waals surface area (Å²) < 4.78 is 10.3. The van der Waals surface area contributed by atoms with Crippen molar-refractivity contribution >= 4 is 18.4 Å². The van der Waals surface area contributed by atoms with Crippen LogP contribution in [0.1, 0.15) is 32.4 Å². The van der Waals surface area contributed by atoms with E-state index in [-0.39, 0.29) is 18.4 Å². The Balaban J connectivity index is 0.00000324. The molecule has 1 atom stereocenters. The lowest BCUT2D eigenvalue weighted by molar-refractivity contribution is -0.152. The molecule has 1 rings (SSSR count). The van der Waals surface area contributed by atoms with Crippen LogP contribution in [-0.4, -0.2) is 19.7 Å². The van der Waals surface area contributed by atoms with Crippen LogP contribution in [0, 0.1) is 5.41 Å². The van der Waals surface area contributed by atoms with Crippen LogP contribution in [0.25, 0.3) is 0 Å². The molecule has 0 aromatic heterocycles. The molecule has 5 heteroatoms. The van der Waals surface area contributed by atoms with Crippen LogP contribution in [0.4, 0.5) is 0 Å². The van der Waals surface area contributed by atoms with Gasteiger partial charge in [0.05, 0.1) is 19.1 Å². The molecule has 0 saturated carbocycles. The molecule has 0 unspecified atom stereocenters. The van der Waals surface area contributed by atoms with Crippen molar-refractivity contribution in [2.24, 2.45) is 11.1 Å². The molecule has 0 spiro atoms. The number of benzene rings is 1. The molecule has 0 bridgehead atoms. The number of esters is 1. The van der Waals surface area contributed by atoms with Crippen molar-refractivity contribution in [3.05, 3.63) is 29.8 Å². The summed E-state index contributed by atoms with van der Waals surface area (Å²) in [4.78, 5) is 11.8. The van der Waals surface area contributed by atoms with Crippen LogP contribution in [0.2, 0.25) is 0 Å². The predicted octanol–water partition coefficient (Wildman–Crippen LogP) is 2.71. The monoisotopic (exact) mass is 287 g/mol. The number of ether oxygens (including phenoxy) is 2. The molecule has 0 aliphatic rings. The second kappa shape index (κ2) is 7.36. The van der Waals surface area contributed by atoms with Crippen molar-refractivity contribution in [1.82, 2.24) is 0 Å². The molecule has 2 N–H and O–H groups in total. The summed E-state index contributed by atoms with van der Waals surface area (Å²) in [5.41, 5.74) is 6.21. The van der Waals surface area contributed by atoms with Gasteiger partial charge in [-0.05, 0) is 26.8 Å². The Labute approximate surface area is 120 Å². The zero-order chi connectivity index (χ0) is 13.8. The molecular formula is C14H22ClNO3. The van der Waals surface area contributed by atoms with E-state index in [0.29, 0.717) is 12.4 Å². The summed E-state index contributed by atoms with van der Waals surface area (Å²) >= 11 is 0. The van der Waals surface area contributed by atoms with Gasteiger partial charge in [-0.1, -0.05) is 18.2 Å². The van der Waals surface area contributed by atoms with Gasteiger partial charge in [0, 0.05) is 11.6 Å². The van der Waals surface area contributed by atoms with Gasteiger partial charge in [-0.25, -0.2) is 0 Å². The van der Waals surface area contributed by atoms with Gasteiger partial charge >= 0.3 is 5.97 Å². The van der Waals surface area contributed by atoms with Crippen molar-refractivity contribution in [2.75, 3.05) is 13.7 Å². The van der Waals surface area contributed by atoms with Crippen molar-refractivity contribution in [1.29, 1.82) is 0 Å². The number of halogens is 1. The quantitative estimate of drug-likeness (QED) is 0.846. The summed E-state index contributed by atoms with van der Waals surface area (Å²) in [6, 6.07) is 7.01. The summed E-state index contributed by atoms with van der Waals surface area (Å²) in [5.74, 6) is 0.380. The molecule has 108 valence electrons. The fourth-order valence-corrected chi connectivity index (χ4v) is 1.80. The Morgan fingerprint density at radius 1 is 1.37 bits per heavy atom. The Morgan fingerprint density at radius 3 is 2.47 bits per heavy atom. The van der Waals surface area contributed by atoms with Gasteiger partial charge in [0.15, 0.2) is 0 Å². The van der Waals surface area contributed by atoms with Crippen LogP contribution in [0.15, 0.2) is 24.3 Å². The normalized spacial score (nSPS) is 12.3. The molecule has 0 aliphatic heterocycles. The Bertz CT molecular complexity index is 421. The molecule has 0 fully saturated rings. The zero-order valence-electron chi connectivity index (χ0n) is 11.8. The Kier molecular flexibility index (Phi) is 6.87. The molecule has 1 aromatic carbocycles. The van der Waals surface area contributed by atoms with E-state index in [1.54, 1.807) is 13.8 Å². The highest BCUT2D eigenvalue weighted by Crippen LogP contribution is 2.36. The first-order chi connectivity index (χ1) is 8.45. The van der Waals surface area contributed by atoms with Crippen LogP contribution >= 0.6 is 12.4 Å². The minimum Gasteiger partial charge on any atom is -0.494 e. The van der Waals surface area contributed by atoms with E-state index in [9.17, 15) is 4.79 Å². The lowest BCUT2D eigenvalue weighted by Crippen LogP contribution is -2.37. The molecular weight excluding hydrogens is 266 g/mol. The third-order valence-electron chi connectivity index (χ3n) is 3.04. The topological polar surface area (TPSA) is 61.5 Å². The fourth-order valence-electron chi connectivity index (χ4n) is 1.80. The maximum absolute atomic E-state index is 11.8. The minimum absolute atomic E-state index is 0. The van der Waals surface area contributed by atoms with Crippen molar-refractivity contribution in [3.8, 4) is 5.75 Å². The van der Waals surface area contributed by atoms with Crippen LogP contribution < -0.4 is 10.5 Å². The number of rotatable bonds is 5. The standard InChI is InChI=1S/C14H21NO3.ClH/c1-5-18-11-9-7-6-8-10(11)12(15)14(2,3)13(16)17-4;/h6-9,12H,5,15H2,1-4H3;1H/t12-;/m1./s1. The highest BCUT2D eigenvalue weighted by atomic mass is 35.5. The van der Waals surface area contributed by atoms with Gasteiger partial charge in [0.2, 0.25) is 0 Å².